The highest BCUT2D eigenvalue weighted by Crippen LogP contribution is 2.10. The fraction of sp³-hybridized carbons (Fsp3) is 0.875. The molecule has 0 aromatic heterocycles. The lowest BCUT2D eigenvalue weighted by Gasteiger charge is -2.27. The molecule has 3 nitrogen and oxygen atoms in total. The first kappa shape index (κ1) is 8.53. The summed E-state index contributed by atoms with van der Waals surface area (Å²) in [5.74, 6) is 0.192. The molecule has 1 fully saturated rings. The summed E-state index contributed by atoms with van der Waals surface area (Å²) >= 11 is 0. The van der Waals surface area contributed by atoms with Gasteiger partial charge in [0.25, 0.3) is 0 Å². The van der Waals surface area contributed by atoms with Crippen LogP contribution in [0, 0.1) is 0 Å². The molecule has 11 heavy (non-hydrogen) atoms. The normalized spacial score (nSPS) is 22.0. The highest BCUT2D eigenvalue weighted by Gasteiger charge is 2.18. The van der Waals surface area contributed by atoms with E-state index in [4.69, 9.17) is 5.11 Å². The molecule has 0 aromatic rings. The van der Waals surface area contributed by atoms with Crippen LogP contribution in [0.5, 0.6) is 0 Å². The molecule has 1 atom stereocenters. The third kappa shape index (κ3) is 2.50. The molecule has 1 saturated heterocycles. The molecule has 0 spiro atoms. The number of amides is 1. The number of likely N-dealkylation sites (tertiary alicyclic amines) is 1. The second-order valence-electron chi connectivity index (χ2n) is 3.15. The Bertz CT molecular complexity index is 145. The van der Waals surface area contributed by atoms with Gasteiger partial charge in [-0.15, -0.1) is 0 Å². The summed E-state index contributed by atoms with van der Waals surface area (Å²) in [6.07, 6.45) is 2.36. The Hall–Kier alpha value is -0.570. The molecule has 1 aliphatic heterocycles. The van der Waals surface area contributed by atoms with Crippen LogP contribution >= 0.6 is 0 Å². The maximum absolute atomic E-state index is 11.1. The third-order valence-corrected chi connectivity index (χ3v) is 1.91. The second-order valence-corrected chi connectivity index (χ2v) is 3.15. The van der Waals surface area contributed by atoms with E-state index >= 15 is 0 Å². The van der Waals surface area contributed by atoms with Gasteiger partial charge in [-0.3, -0.25) is 4.79 Å². The van der Waals surface area contributed by atoms with Gasteiger partial charge in [-0.2, -0.15) is 0 Å². The molecule has 0 aromatic carbocycles. The van der Waals surface area contributed by atoms with Crippen LogP contribution in [0.25, 0.3) is 0 Å². The number of aliphatic hydroxyl groups is 1. The van der Waals surface area contributed by atoms with Gasteiger partial charge in [-0.05, 0) is 19.8 Å². The first-order valence-electron chi connectivity index (χ1n) is 4.16. The van der Waals surface area contributed by atoms with Crippen molar-refractivity contribution in [2.24, 2.45) is 0 Å². The van der Waals surface area contributed by atoms with E-state index < -0.39 is 6.10 Å². The number of aliphatic hydroxyl groups excluding tert-OH is 1. The minimum absolute atomic E-state index is 0.192. The van der Waals surface area contributed by atoms with Gasteiger partial charge in [0, 0.05) is 19.5 Å². The van der Waals surface area contributed by atoms with E-state index in [9.17, 15) is 4.79 Å². The summed E-state index contributed by atoms with van der Waals surface area (Å²) in [4.78, 5) is 12.9. The molecule has 1 amide bonds. The van der Waals surface area contributed by atoms with E-state index in [1.165, 1.54) is 0 Å². The number of piperidine rings is 1. The number of nitrogens with zero attached hydrogens (tertiary/aromatic N) is 1. The largest absolute Gasteiger partial charge is 0.392 e. The molecule has 1 heterocycles. The topological polar surface area (TPSA) is 40.5 Å². The molecular weight excluding hydrogens is 142 g/mol. The van der Waals surface area contributed by atoms with Gasteiger partial charge >= 0.3 is 0 Å². The zero-order valence-corrected chi connectivity index (χ0v) is 6.92. The number of hydrogen-bond acceptors (Lipinski definition) is 2. The van der Waals surface area contributed by atoms with Crippen LogP contribution in [0.15, 0.2) is 0 Å². The van der Waals surface area contributed by atoms with Crippen molar-refractivity contribution in [1.82, 2.24) is 4.90 Å². The Morgan fingerprint density at radius 1 is 1.64 bits per heavy atom. The van der Waals surface area contributed by atoms with Crippen LogP contribution in [-0.4, -0.2) is 35.1 Å². The summed E-state index contributed by atoms with van der Waals surface area (Å²) in [6.45, 7) is 3.03. The maximum Gasteiger partial charge on any atom is 0.222 e. The van der Waals surface area contributed by atoms with E-state index in [1.54, 1.807) is 11.8 Å². The average Bonchev–Trinajstić information content (AvgIpc) is 1.93. The molecule has 0 bridgehead atoms. The van der Waals surface area contributed by atoms with Crippen molar-refractivity contribution in [3.05, 3.63) is 0 Å². The van der Waals surface area contributed by atoms with Crippen molar-refractivity contribution in [1.29, 1.82) is 0 Å². The van der Waals surface area contributed by atoms with Gasteiger partial charge in [0.1, 0.15) is 0 Å². The van der Waals surface area contributed by atoms with Gasteiger partial charge in [0.05, 0.1) is 6.10 Å². The van der Waals surface area contributed by atoms with E-state index in [0.29, 0.717) is 13.0 Å². The zero-order chi connectivity index (χ0) is 8.27. The standard InChI is InChI=1S/C8H15NO2/c1-7(10)6-9-5-3-2-4-8(9)11/h7,10H,2-6H2,1H3. The summed E-state index contributed by atoms with van der Waals surface area (Å²) in [5, 5.41) is 9.03. The minimum Gasteiger partial charge on any atom is -0.392 e. The molecule has 0 radical (unpaired) electrons. The van der Waals surface area contributed by atoms with Gasteiger partial charge in [0.15, 0.2) is 0 Å². The molecule has 1 aliphatic rings. The number of β-amino-alcohol motifs (C(OH)–C–C–N with tert-alkyl or cyclic N) is 1. The van der Waals surface area contributed by atoms with Crippen molar-refractivity contribution in [3.63, 3.8) is 0 Å². The maximum atomic E-state index is 11.1. The highest BCUT2D eigenvalue weighted by molar-refractivity contribution is 5.76. The van der Waals surface area contributed by atoms with E-state index in [0.717, 1.165) is 19.4 Å². The SMILES string of the molecule is CC(O)CN1CCCCC1=O. The van der Waals surface area contributed by atoms with Gasteiger partial charge in [-0.25, -0.2) is 0 Å². The Kier molecular flexibility index (Phi) is 2.88. The van der Waals surface area contributed by atoms with Gasteiger partial charge in [-0.1, -0.05) is 0 Å². The quantitative estimate of drug-likeness (QED) is 0.629. The molecule has 1 unspecified atom stereocenters. The third-order valence-electron chi connectivity index (χ3n) is 1.91. The zero-order valence-electron chi connectivity index (χ0n) is 6.92. The Labute approximate surface area is 67.0 Å². The van der Waals surface area contributed by atoms with Gasteiger partial charge in [0.2, 0.25) is 5.91 Å². The summed E-state index contributed by atoms with van der Waals surface area (Å²) in [7, 11) is 0. The smallest absolute Gasteiger partial charge is 0.222 e. The predicted molar refractivity (Wildman–Crippen MR) is 42.1 cm³/mol. The second kappa shape index (κ2) is 3.72. The first-order chi connectivity index (χ1) is 5.20. The van der Waals surface area contributed by atoms with Crippen LogP contribution in [0.2, 0.25) is 0 Å². The summed E-state index contributed by atoms with van der Waals surface area (Å²) in [6, 6.07) is 0. The van der Waals surface area contributed by atoms with E-state index in [-0.39, 0.29) is 5.91 Å². The van der Waals surface area contributed by atoms with E-state index in [2.05, 4.69) is 0 Å². The minimum atomic E-state index is -0.392. The number of hydrogen-bond donors (Lipinski definition) is 1. The number of rotatable bonds is 2. The number of carbonyl (C=O) groups excluding carboxylic acids is 1. The molecule has 0 saturated carbocycles. The van der Waals surface area contributed by atoms with Crippen LogP contribution in [0.4, 0.5) is 0 Å². The lowest BCUT2D eigenvalue weighted by Crippen LogP contribution is -2.39. The number of carbonyl (C=O) groups is 1. The van der Waals surface area contributed by atoms with Crippen LogP contribution in [0.1, 0.15) is 26.2 Å². The Balaban J connectivity index is 2.36. The van der Waals surface area contributed by atoms with Crippen molar-refractivity contribution in [3.8, 4) is 0 Å². The van der Waals surface area contributed by atoms with E-state index in [1.807, 2.05) is 0 Å². The van der Waals surface area contributed by atoms with Crippen LogP contribution in [-0.2, 0) is 4.79 Å². The fourth-order valence-corrected chi connectivity index (χ4v) is 1.37. The van der Waals surface area contributed by atoms with Crippen molar-refractivity contribution < 1.29 is 9.90 Å². The van der Waals surface area contributed by atoms with Gasteiger partial charge < -0.3 is 10.0 Å². The lowest BCUT2D eigenvalue weighted by molar-refractivity contribution is -0.134. The summed E-state index contributed by atoms with van der Waals surface area (Å²) < 4.78 is 0. The molecular formula is C8H15NO2. The van der Waals surface area contributed by atoms with Crippen LogP contribution < -0.4 is 0 Å². The monoisotopic (exact) mass is 157 g/mol. The molecule has 0 aliphatic carbocycles. The summed E-state index contributed by atoms with van der Waals surface area (Å²) in [5.41, 5.74) is 0. The van der Waals surface area contributed by atoms with Crippen molar-refractivity contribution in [2.75, 3.05) is 13.1 Å². The molecule has 64 valence electrons. The molecule has 3 heteroatoms. The van der Waals surface area contributed by atoms with Crippen LogP contribution in [0.3, 0.4) is 0 Å². The fourth-order valence-electron chi connectivity index (χ4n) is 1.37. The van der Waals surface area contributed by atoms with Crippen molar-refractivity contribution >= 4 is 5.91 Å². The first-order valence-corrected chi connectivity index (χ1v) is 4.16. The molecule has 1 N–H and O–H groups in total. The molecule has 1 rings (SSSR count). The predicted octanol–water partition coefficient (Wildman–Crippen LogP) is 0.380. The average molecular weight is 157 g/mol. The Morgan fingerprint density at radius 2 is 2.36 bits per heavy atom. The Morgan fingerprint density at radius 3 is 2.91 bits per heavy atom. The van der Waals surface area contributed by atoms with Crippen molar-refractivity contribution in [2.45, 2.75) is 32.3 Å². The highest BCUT2D eigenvalue weighted by atomic mass is 16.3. The lowest BCUT2D eigenvalue weighted by atomic mass is 10.1.